The quantitative estimate of drug-likeness (QED) is 0.744. The fraction of sp³-hybridized carbons (Fsp3) is 0.0909. The molecule has 0 bridgehead atoms. The van der Waals surface area contributed by atoms with Crippen LogP contribution >= 0.6 is 11.6 Å². The van der Waals surface area contributed by atoms with E-state index in [1.165, 1.54) is 4.90 Å². The van der Waals surface area contributed by atoms with E-state index in [-0.39, 0.29) is 5.91 Å². The van der Waals surface area contributed by atoms with Crippen LogP contribution in [0.2, 0.25) is 5.02 Å². The van der Waals surface area contributed by atoms with Crippen LogP contribution in [-0.2, 0) is 15.0 Å². The number of aliphatic carboxylic acids is 1. The highest BCUT2D eigenvalue weighted by Crippen LogP contribution is 2.50. The third-order valence-electron chi connectivity index (χ3n) is 4.93. The van der Waals surface area contributed by atoms with Crippen molar-refractivity contribution in [3.8, 4) is 0 Å². The van der Waals surface area contributed by atoms with Crippen molar-refractivity contribution >= 4 is 29.2 Å². The molecule has 0 aromatic heterocycles. The van der Waals surface area contributed by atoms with Gasteiger partial charge in [-0.15, -0.1) is 0 Å². The number of hydrogen-bond donors (Lipinski definition) is 1. The molecule has 0 radical (unpaired) electrons. The molecule has 0 fully saturated rings. The fourth-order valence-electron chi connectivity index (χ4n) is 3.86. The lowest BCUT2D eigenvalue weighted by Crippen LogP contribution is -2.44. The second kappa shape index (κ2) is 6.56. The Morgan fingerprint density at radius 1 is 0.926 bits per heavy atom. The van der Waals surface area contributed by atoms with Crippen LogP contribution in [0, 0.1) is 0 Å². The van der Waals surface area contributed by atoms with E-state index in [4.69, 9.17) is 11.6 Å². The summed E-state index contributed by atoms with van der Waals surface area (Å²) >= 11 is 6.28. The molecular weight excluding hydrogens is 362 g/mol. The molecular formula is C22H16ClNO3. The average molecular weight is 378 g/mol. The van der Waals surface area contributed by atoms with E-state index < -0.39 is 17.9 Å². The molecule has 0 saturated heterocycles. The Kier molecular flexibility index (Phi) is 4.21. The summed E-state index contributed by atoms with van der Waals surface area (Å²) in [5.41, 5.74) is 1.67. The minimum absolute atomic E-state index is 0.292. The Morgan fingerprint density at radius 2 is 1.48 bits per heavy atom. The molecule has 0 saturated carbocycles. The Labute approximate surface area is 161 Å². The Bertz CT molecular complexity index is 979. The number of hydrogen-bond acceptors (Lipinski definition) is 2. The fourth-order valence-corrected chi connectivity index (χ4v) is 4.04. The summed E-state index contributed by atoms with van der Waals surface area (Å²) < 4.78 is 0. The standard InChI is InChI=1S/C22H16ClNO3/c23-17-11-12-19-18(13-17)22(15-7-3-1-4-8-15,16-9-5-2-6-10-16)21(27)24(19)14-20(25)26/h1-13H,14H2,(H,25,26). The molecule has 0 spiro atoms. The van der Waals surface area contributed by atoms with Gasteiger partial charge in [0, 0.05) is 16.3 Å². The lowest BCUT2D eigenvalue weighted by molar-refractivity contribution is -0.136. The van der Waals surface area contributed by atoms with Crippen LogP contribution in [0.3, 0.4) is 0 Å². The first-order chi connectivity index (χ1) is 13.0. The van der Waals surface area contributed by atoms with Crippen molar-refractivity contribution in [1.82, 2.24) is 0 Å². The van der Waals surface area contributed by atoms with Gasteiger partial charge in [0.25, 0.3) is 0 Å². The van der Waals surface area contributed by atoms with E-state index in [9.17, 15) is 14.7 Å². The topological polar surface area (TPSA) is 57.6 Å². The normalized spacial score (nSPS) is 14.9. The van der Waals surface area contributed by atoms with E-state index in [0.29, 0.717) is 16.3 Å². The van der Waals surface area contributed by atoms with Gasteiger partial charge in [0.15, 0.2) is 0 Å². The van der Waals surface area contributed by atoms with E-state index >= 15 is 0 Å². The molecule has 0 unspecified atom stereocenters. The first kappa shape index (κ1) is 17.3. The maximum Gasteiger partial charge on any atom is 0.323 e. The minimum Gasteiger partial charge on any atom is -0.480 e. The Balaban J connectivity index is 2.09. The molecule has 5 heteroatoms. The van der Waals surface area contributed by atoms with Crippen LogP contribution in [0.4, 0.5) is 5.69 Å². The van der Waals surface area contributed by atoms with Crippen molar-refractivity contribution in [2.75, 3.05) is 11.4 Å². The summed E-state index contributed by atoms with van der Waals surface area (Å²) in [6.45, 7) is -0.408. The van der Waals surface area contributed by atoms with Crippen LogP contribution < -0.4 is 4.90 Å². The van der Waals surface area contributed by atoms with Gasteiger partial charge in [-0.2, -0.15) is 0 Å². The summed E-state index contributed by atoms with van der Waals surface area (Å²) in [7, 11) is 0. The number of benzene rings is 3. The molecule has 27 heavy (non-hydrogen) atoms. The van der Waals surface area contributed by atoms with Gasteiger partial charge in [-0.05, 0) is 29.3 Å². The van der Waals surface area contributed by atoms with E-state index in [0.717, 1.165) is 11.1 Å². The van der Waals surface area contributed by atoms with Crippen molar-refractivity contribution < 1.29 is 14.7 Å². The maximum atomic E-state index is 13.8. The van der Waals surface area contributed by atoms with Crippen LogP contribution in [0.5, 0.6) is 0 Å². The van der Waals surface area contributed by atoms with E-state index in [2.05, 4.69) is 0 Å². The number of halogens is 1. The molecule has 4 nitrogen and oxygen atoms in total. The molecule has 1 heterocycles. The van der Waals surface area contributed by atoms with Crippen molar-refractivity contribution in [2.45, 2.75) is 5.41 Å². The molecule has 3 aromatic rings. The van der Waals surface area contributed by atoms with E-state index in [1.54, 1.807) is 18.2 Å². The molecule has 0 atom stereocenters. The number of carbonyl (C=O) groups excluding carboxylic acids is 1. The highest BCUT2D eigenvalue weighted by Gasteiger charge is 2.53. The Hall–Kier alpha value is -3.11. The van der Waals surface area contributed by atoms with Gasteiger partial charge >= 0.3 is 5.97 Å². The third-order valence-corrected chi connectivity index (χ3v) is 5.16. The van der Waals surface area contributed by atoms with E-state index in [1.807, 2.05) is 60.7 Å². The number of carboxylic acids is 1. The summed E-state index contributed by atoms with van der Waals surface area (Å²) in [5.74, 6) is -1.36. The first-order valence-electron chi connectivity index (χ1n) is 8.50. The van der Waals surface area contributed by atoms with Crippen molar-refractivity contribution in [3.05, 3.63) is 101 Å². The summed E-state index contributed by atoms with van der Waals surface area (Å²) in [5, 5.41) is 9.86. The smallest absolute Gasteiger partial charge is 0.323 e. The summed E-state index contributed by atoms with van der Waals surface area (Å²) in [4.78, 5) is 26.5. The zero-order chi connectivity index (χ0) is 19.0. The second-order valence-corrected chi connectivity index (χ2v) is 6.86. The highest BCUT2D eigenvalue weighted by atomic mass is 35.5. The van der Waals surface area contributed by atoms with Crippen molar-refractivity contribution in [2.24, 2.45) is 0 Å². The molecule has 1 aliphatic heterocycles. The van der Waals surface area contributed by atoms with Crippen molar-refractivity contribution in [3.63, 3.8) is 0 Å². The minimum atomic E-state index is -1.14. The molecule has 134 valence electrons. The van der Waals surface area contributed by atoms with Crippen molar-refractivity contribution in [1.29, 1.82) is 0 Å². The number of anilines is 1. The molecule has 3 aromatic carbocycles. The number of carboxylic acid groups (broad SMARTS) is 1. The molecule has 0 aliphatic carbocycles. The SMILES string of the molecule is O=C(O)CN1C(=O)C(c2ccccc2)(c2ccccc2)c2cc(Cl)ccc21. The molecule has 1 amide bonds. The monoisotopic (exact) mass is 377 g/mol. The number of nitrogens with zero attached hydrogens (tertiary/aromatic N) is 1. The number of carbonyl (C=O) groups is 2. The number of rotatable bonds is 4. The zero-order valence-corrected chi connectivity index (χ0v) is 15.1. The van der Waals surface area contributed by atoms with Gasteiger partial charge in [-0.25, -0.2) is 0 Å². The Morgan fingerprint density at radius 3 is 2.00 bits per heavy atom. The highest BCUT2D eigenvalue weighted by molar-refractivity contribution is 6.31. The number of fused-ring (bicyclic) bond motifs is 1. The number of amides is 1. The van der Waals surface area contributed by atoms with Crippen LogP contribution in [0.1, 0.15) is 16.7 Å². The van der Waals surface area contributed by atoms with Gasteiger partial charge < -0.3 is 5.11 Å². The molecule has 1 aliphatic rings. The van der Waals surface area contributed by atoms with Gasteiger partial charge in [-0.1, -0.05) is 72.3 Å². The largest absolute Gasteiger partial charge is 0.480 e. The zero-order valence-electron chi connectivity index (χ0n) is 14.3. The van der Waals surface area contributed by atoms with Gasteiger partial charge in [0.1, 0.15) is 12.0 Å². The lowest BCUT2D eigenvalue weighted by atomic mass is 9.70. The van der Waals surface area contributed by atoms with Crippen LogP contribution in [0.25, 0.3) is 0 Å². The summed E-state index contributed by atoms with van der Waals surface area (Å²) in [6.07, 6.45) is 0. The first-order valence-corrected chi connectivity index (χ1v) is 8.88. The van der Waals surface area contributed by atoms with Gasteiger partial charge in [-0.3, -0.25) is 14.5 Å². The lowest BCUT2D eigenvalue weighted by Gasteiger charge is -2.30. The predicted molar refractivity (Wildman–Crippen MR) is 104 cm³/mol. The maximum absolute atomic E-state index is 13.8. The van der Waals surface area contributed by atoms with Gasteiger partial charge in [0.2, 0.25) is 5.91 Å². The van der Waals surface area contributed by atoms with Crippen LogP contribution in [0.15, 0.2) is 78.9 Å². The van der Waals surface area contributed by atoms with Gasteiger partial charge in [0.05, 0.1) is 0 Å². The average Bonchev–Trinajstić information content (AvgIpc) is 2.91. The second-order valence-electron chi connectivity index (χ2n) is 6.43. The predicted octanol–water partition coefficient (Wildman–Crippen LogP) is 4.11. The third kappa shape index (κ3) is 2.61. The molecule has 1 N–H and O–H groups in total. The molecule has 4 rings (SSSR count). The summed E-state index contributed by atoms with van der Waals surface area (Å²) in [6, 6.07) is 24.0. The van der Waals surface area contributed by atoms with Crippen LogP contribution in [-0.4, -0.2) is 23.5 Å².